The maximum atomic E-state index is 4.58. The van der Waals surface area contributed by atoms with E-state index in [2.05, 4.69) is 23.0 Å². The van der Waals surface area contributed by atoms with Crippen LogP contribution in [0, 0.1) is 0 Å². The Morgan fingerprint density at radius 3 is 2.53 bits per heavy atom. The van der Waals surface area contributed by atoms with Crippen molar-refractivity contribution in [1.29, 1.82) is 0 Å². The lowest BCUT2D eigenvalue weighted by molar-refractivity contribution is 1.03. The lowest BCUT2D eigenvalue weighted by atomic mass is 10.1. The van der Waals surface area contributed by atoms with Gasteiger partial charge in [0.25, 0.3) is 0 Å². The molecule has 0 radical (unpaired) electrons. The molecule has 88 valence electrons. The lowest BCUT2D eigenvalue weighted by Gasteiger charge is -2.11. The molecule has 2 aromatic rings. The molecule has 0 atom stereocenters. The van der Waals surface area contributed by atoms with Crippen molar-refractivity contribution in [3.05, 3.63) is 42.2 Å². The number of aryl methyl sites for hydroxylation is 1. The minimum Gasteiger partial charge on any atom is -0.363 e. The van der Waals surface area contributed by atoms with Crippen molar-refractivity contribution in [3.63, 3.8) is 0 Å². The van der Waals surface area contributed by atoms with E-state index >= 15 is 0 Å². The summed E-state index contributed by atoms with van der Waals surface area (Å²) in [5.74, 6) is 0.959. The fourth-order valence-corrected chi connectivity index (χ4v) is 1.64. The smallest absolute Gasteiger partial charge is 0.127 e. The van der Waals surface area contributed by atoms with E-state index in [1.807, 2.05) is 49.5 Å². The second-order valence-electron chi connectivity index (χ2n) is 4.17. The molecule has 0 saturated carbocycles. The van der Waals surface area contributed by atoms with Gasteiger partial charge in [-0.15, -0.1) is 0 Å². The molecule has 0 unspecified atom stereocenters. The summed E-state index contributed by atoms with van der Waals surface area (Å²) in [6.45, 7) is 2.11. The second-order valence-corrected chi connectivity index (χ2v) is 4.17. The van der Waals surface area contributed by atoms with Crippen LogP contribution in [0.1, 0.15) is 12.6 Å². The van der Waals surface area contributed by atoms with Crippen LogP contribution in [0.4, 0.5) is 5.82 Å². The number of hydrogen-bond donors (Lipinski definition) is 0. The van der Waals surface area contributed by atoms with Gasteiger partial charge in [0.05, 0.1) is 5.69 Å². The van der Waals surface area contributed by atoms with Crippen LogP contribution < -0.4 is 4.90 Å². The van der Waals surface area contributed by atoms with Crippen LogP contribution in [-0.4, -0.2) is 24.1 Å². The first-order valence-electron chi connectivity index (χ1n) is 5.80. The number of pyridine rings is 2. The Bertz CT molecular complexity index is 489. The van der Waals surface area contributed by atoms with E-state index < -0.39 is 0 Å². The van der Waals surface area contributed by atoms with Gasteiger partial charge in [-0.3, -0.25) is 4.98 Å². The summed E-state index contributed by atoms with van der Waals surface area (Å²) in [6, 6.07) is 10.2. The minimum atomic E-state index is 0.955. The highest BCUT2D eigenvalue weighted by atomic mass is 15.1. The predicted octanol–water partition coefficient (Wildman–Crippen LogP) is 2.77. The quantitative estimate of drug-likeness (QED) is 0.807. The van der Waals surface area contributed by atoms with E-state index in [1.165, 1.54) is 0 Å². The fraction of sp³-hybridized carbons (Fsp3) is 0.286. The molecule has 0 aliphatic carbocycles. The summed E-state index contributed by atoms with van der Waals surface area (Å²) in [6.07, 6.45) is 2.83. The van der Waals surface area contributed by atoms with Gasteiger partial charge in [0.15, 0.2) is 0 Å². The second kappa shape index (κ2) is 4.95. The molecular formula is C14H17N3. The Morgan fingerprint density at radius 2 is 1.94 bits per heavy atom. The van der Waals surface area contributed by atoms with Crippen molar-refractivity contribution in [3.8, 4) is 11.3 Å². The lowest BCUT2D eigenvalue weighted by Crippen LogP contribution is -2.10. The Labute approximate surface area is 102 Å². The molecule has 2 aromatic heterocycles. The number of aromatic nitrogens is 2. The first-order valence-corrected chi connectivity index (χ1v) is 5.80. The van der Waals surface area contributed by atoms with Gasteiger partial charge in [-0.1, -0.05) is 13.0 Å². The van der Waals surface area contributed by atoms with Gasteiger partial charge in [0.1, 0.15) is 5.82 Å². The maximum Gasteiger partial charge on any atom is 0.127 e. The van der Waals surface area contributed by atoms with Gasteiger partial charge in [-0.25, -0.2) is 4.98 Å². The van der Waals surface area contributed by atoms with E-state index in [-0.39, 0.29) is 0 Å². The summed E-state index contributed by atoms with van der Waals surface area (Å²) in [5.41, 5.74) is 3.16. The van der Waals surface area contributed by atoms with Crippen LogP contribution in [0.3, 0.4) is 0 Å². The van der Waals surface area contributed by atoms with Crippen molar-refractivity contribution in [2.24, 2.45) is 0 Å². The van der Waals surface area contributed by atoms with Crippen molar-refractivity contribution >= 4 is 5.82 Å². The van der Waals surface area contributed by atoms with Gasteiger partial charge < -0.3 is 4.90 Å². The SMILES string of the molecule is CCc1cccc(-c2ccc(N(C)C)nc2)n1. The van der Waals surface area contributed by atoms with E-state index in [0.717, 1.165) is 29.2 Å². The van der Waals surface area contributed by atoms with E-state index in [4.69, 9.17) is 0 Å². The molecule has 0 aromatic carbocycles. The molecule has 0 saturated heterocycles. The third-order valence-electron chi connectivity index (χ3n) is 2.67. The van der Waals surface area contributed by atoms with Crippen molar-refractivity contribution in [2.45, 2.75) is 13.3 Å². The van der Waals surface area contributed by atoms with Gasteiger partial charge >= 0.3 is 0 Å². The van der Waals surface area contributed by atoms with Gasteiger partial charge in [0, 0.05) is 31.5 Å². The van der Waals surface area contributed by atoms with Crippen molar-refractivity contribution in [1.82, 2.24) is 9.97 Å². The highest BCUT2D eigenvalue weighted by Gasteiger charge is 2.02. The fourth-order valence-electron chi connectivity index (χ4n) is 1.64. The molecule has 0 fully saturated rings. The van der Waals surface area contributed by atoms with Gasteiger partial charge in [-0.2, -0.15) is 0 Å². The van der Waals surface area contributed by atoms with Crippen LogP contribution >= 0.6 is 0 Å². The zero-order chi connectivity index (χ0) is 12.3. The molecule has 3 nitrogen and oxygen atoms in total. The molecule has 0 aliphatic heterocycles. The van der Waals surface area contributed by atoms with E-state index in [0.29, 0.717) is 0 Å². The number of nitrogens with zero attached hydrogens (tertiary/aromatic N) is 3. The maximum absolute atomic E-state index is 4.58. The summed E-state index contributed by atoms with van der Waals surface area (Å²) >= 11 is 0. The first-order chi connectivity index (χ1) is 8.20. The number of anilines is 1. The molecule has 0 spiro atoms. The van der Waals surface area contributed by atoms with Gasteiger partial charge in [-0.05, 0) is 30.7 Å². The average molecular weight is 227 g/mol. The molecule has 0 bridgehead atoms. The zero-order valence-electron chi connectivity index (χ0n) is 10.5. The standard InChI is InChI=1S/C14H17N3/c1-4-12-6-5-7-13(16-12)11-8-9-14(15-10-11)17(2)3/h5-10H,4H2,1-3H3. The molecule has 3 heteroatoms. The Kier molecular flexibility index (Phi) is 3.38. The summed E-state index contributed by atoms with van der Waals surface area (Å²) < 4.78 is 0. The van der Waals surface area contributed by atoms with Crippen LogP contribution in [0.5, 0.6) is 0 Å². The van der Waals surface area contributed by atoms with Crippen LogP contribution in [-0.2, 0) is 6.42 Å². The van der Waals surface area contributed by atoms with Gasteiger partial charge in [0.2, 0.25) is 0 Å². The Hall–Kier alpha value is -1.90. The highest BCUT2D eigenvalue weighted by Crippen LogP contribution is 2.18. The van der Waals surface area contributed by atoms with Crippen LogP contribution in [0.2, 0.25) is 0 Å². The molecule has 2 rings (SSSR count). The Balaban J connectivity index is 2.32. The topological polar surface area (TPSA) is 29.0 Å². The first kappa shape index (κ1) is 11.6. The van der Waals surface area contributed by atoms with Crippen molar-refractivity contribution < 1.29 is 0 Å². The number of rotatable bonds is 3. The van der Waals surface area contributed by atoms with Crippen molar-refractivity contribution in [2.75, 3.05) is 19.0 Å². The molecule has 2 heterocycles. The predicted molar refractivity (Wildman–Crippen MR) is 71.2 cm³/mol. The van der Waals surface area contributed by atoms with E-state index in [9.17, 15) is 0 Å². The van der Waals surface area contributed by atoms with Crippen LogP contribution in [0.15, 0.2) is 36.5 Å². The minimum absolute atomic E-state index is 0.955. The molecule has 0 amide bonds. The monoisotopic (exact) mass is 227 g/mol. The molecule has 0 aliphatic rings. The molecule has 0 N–H and O–H groups in total. The summed E-state index contributed by atoms with van der Waals surface area (Å²) in [5, 5.41) is 0. The molecule has 17 heavy (non-hydrogen) atoms. The van der Waals surface area contributed by atoms with E-state index in [1.54, 1.807) is 0 Å². The summed E-state index contributed by atoms with van der Waals surface area (Å²) in [4.78, 5) is 11.0. The average Bonchev–Trinajstić information content (AvgIpc) is 2.39. The highest BCUT2D eigenvalue weighted by molar-refractivity contribution is 5.59. The normalized spacial score (nSPS) is 10.3. The number of hydrogen-bond acceptors (Lipinski definition) is 3. The molecular weight excluding hydrogens is 210 g/mol. The van der Waals surface area contributed by atoms with Crippen LogP contribution in [0.25, 0.3) is 11.3 Å². The largest absolute Gasteiger partial charge is 0.363 e. The zero-order valence-corrected chi connectivity index (χ0v) is 10.5. The third kappa shape index (κ3) is 2.61. The Morgan fingerprint density at radius 1 is 1.12 bits per heavy atom. The third-order valence-corrected chi connectivity index (χ3v) is 2.67. The summed E-state index contributed by atoms with van der Waals surface area (Å²) in [7, 11) is 3.97.